The molecular formula is C13H12BrFN2O4. The van der Waals surface area contributed by atoms with Crippen LogP contribution in [0.1, 0.15) is 17.3 Å². The van der Waals surface area contributed by atoms with Gasteiger partial charge in [0.1, 0.15) is 5.82 Å². The topological polar surface area (TPSA) is 75.7 Å². The molecule has 8 heteroatoms. The first-order valence-electron chi connectivity index (χ1n) is 6.15. The Morgan fingerprint density at radius 3 is 2.76 bits per heavy atom. The minimum Gasteiger partial charge on any atom is -0.449 e. The molecule has 1 unspecified atom stereocenters. The van der Waals surface area contributed by atoms with Gasteiger partial charge in [0.05, 0.1) is 5.56 Å². The largest absolute Gasteiger partial charge is 0.449 e. The quantitative estimate of drug-likeness (QED) is 0.834. The van der Waals surface area contributed by atoms with Gasteiger partial charge in [0.25, 0.3) is 5.91 Å². The molecule has 1 aliphatic rings. The minimum absolute atomic E-state index is 0.214. The van der Waals surface area contributed by atoms with Gasteiger partial charge in [-0.15, -0.1) is 0 Å². The fourth-order valence-corrected chi connectivity index (χ4v) is 2.16. The molecule has 0 aromatic heterocycles. The van der Waals surface area contributed by atoms with Crippen molar-refractivity contribution in [2.24, 2.45) is 0 Å². The molecule has 0 spiro atoms. The van der Waals surface area contributed by atoms with E-state index in [4.69, 9.17) is 4.74 Å². The first-order valence-corrected chi connectivity index (χ1v) is 6.94. The summed E-state index contributed by atoms with van der Waals surface area (Å²) in [6.07, 6.45) is -1.18. The Balaban J connectivity index is 2.05. The number of esters is 1. The summed E-state index contributed by atoms with van der Waals surface area (Å²) in [5.74, 6) is -2.36. The van der Waals surface area contributed by atoms with Crippen LogP contribution in [0.3, 0.4) is 0 Å². The summed E-state index contributed by atoms with van der Waals surface area (Å²) in [6.45, 7) is 1.90. The number of halogens is 2. The summed E-state index contributed by atoms with van der Waals surface area (Å²) in [5, 5.41) is 2.47. The molecular weight excluding hydrogens is 347 g/mol. The van der Waals surface area contributed by atoms with Crippen LogP contribution < -0.4 is 5.32 Å². The van der Waals surface area contributed by atoms with Crippen molar-refractivity contribution in [1.82, 2.24) is 10.2 Å². The average molecular weight is 359 g/mol. The second-order valence-corrected chi connectivity index (χ2v) is 5.31. The Bertz CT molecular complexity index is 608. The summed E-state index contributed by atoms with van der Waals surface area (Å²) in [6, 6.07) is 3.33. The van der Waals surface area contributed by atoms with E-state index in [1.807, 2.05) is 0 Å². The Morgan fingerprint density at radius 1 is 1.48 bits per heavy atom. The standard InChI is InChI=1S/C13H12BrFN2O4/c1-7(11(18)17-5-4-16-13(17)20)21-12(19)9-3-2-8(14)6-10(9)15/h2-3,6-7H,4-5H2,1H3,(H,16,20). The van der Waals surface area contributed by atoms with E-state index >= 15 is 0 Å². The van der Waals surface area contributed by atoms with Gasteiger partial charge in [-0.1, -0.05) is 15.9 Å². The monoisotopic (exact) mass is 358 g/mol. The van der Waals surface area contributed by atoms with E-state index in [-0.39, 0.29) is 12.1 Å². The fourth-order valence-electron chi connectivity index (χ4n) is 1.83. The molecule has 3 amide bonds. The van der Waals surface area contributed by atoms with Crippen LogP contribution in [-0.2, 0) is 9.53 Å². The van der Waals surface area contributed by atoms with Crippen molar-refractivity contribution in [1.29, 1.82) is 0 Å². The second-order valence-electron chi connectivity index (χ2n) is 4.39. The highest BCUT2D eigenvalue weighted by atomic mass is 79.9. The zero-order chi connectivity index (χ0) is 15.6. The molecule has 6 nitrogen and oxygen atoms in total. The summed E-state index contributed by atoms with van der Waals surface area (Å²) in [7, 11) is 0. The van der Waals surface area contributed by atoms with Gasteiger partial charge in [-0.05, 0) is 25.1 Å². The number of rotatable bonds is 3. The van der Waals surface area contributed by atoms with E-state index in [2.05, 4.69) is 21.2 Å². The number of hydrogen-bond acceptors (Lipinski definition) is 4. The van der Waals surface area contributed by atoms with E-state index in [0.717, 1.165) is 11.0 Å². The highest BCUT2D eigenvalue weighted by molar-refractivity contribution is 9.10. The molecule has 2 rings (SSSR count). The van der Waals surface area contributed by atoms with Crippen molar-refractivity contribution in [3.63, 3.8) is 0 Å². The summed E-state index contributed by atoms with van der Waals surface area (Å²) >= 11 is 3.07. The van der Waals surface area contributed by atoms with Crippen molar-refractivity contribution >= 4 is 33.8 Å². The van der Waals surface area contributed by atoms with E-state index in [9.17, 15) is 18.8 Å². The third kappa shape index (κ3) is 3.38. The Labute approximate surface area is 128 Å². The van der Waals surface area contributed by atoms with Crippen molar-refractivity contribution < 1.29 is 23.5 Å². The third-order valence-corrected chi connectivity index (χ3v) is 3.40. The van der Waals surface area contributed by atoms with Gasteiger partial charge in [-0.25, -0.2) is 14.0 Å². The Morgan fingerprint density at radius 2 is 2.19 bits per heavy atom. The van der Waals surface area contributed by atoms with Crippen LogP contribution in [0.5, 0.6) is 0 Å². The molecule has 0 aliphatic carbocycles. The molecule has 21 heavy (non-hydrogen) atoms. The van der Waals surface area contributed by atoms with Gasteiger partial charge in [0, 0.05) is 17.6 Å². The molecule has 112 valence electrons. The number of benzene rings is 1. The van der Waals surface area contributed by atoms with Crippen LogP contribution in [0.15, 0.2) is 22.7 Å². The van der Waals surface area contributed by atoms with Crippen LogP contribution >= 0.6 is 15.9 Å². The van der Waals surface area contributed by atoms with Crippen LogP contribution in [-0.4, -0.2) is 42.0 Å². The van der Waals surface area contributed by atoms with E-state index in [0.29, 0.717) is 11.0 Å². The van der Waals surface area contributed by atoms with Crippen molar-refractivity contribution in [3.05, 3.63) is 34.1 Å². The van der Waals surface area contributed by atoms with E-state index < -0.39 is 29.8 Å². The maximum absolute atomic E-state index is 13.6. The van der Waals surface area contributed by atoms with Crippen molar-refractivity contribution in [2.75, 3.05) is 13.1 Å². The maximum Gasteiger partial charge on any atom is 0.341 e. The first kappa shape index (κ1) is 15.4. The van der Waals surface area contributed by atoms with Gasteiger partial charge in [0.2, 0.25) is 0 Å². The number of hydrogen-bond donors (Lipinski definition) is 1. The SMILES string of the molecule is CC(OC(=O)c1ccc(Br)cc1F)C(=O)N1CCNC1=O. The zero-order valence-corrected chi connectivity index (χ0v) is 12.6. The number of nitrogens with zero attached hydrogens (tertiary/aromatic N) is 1. The van der Waals surface area contributed by atoms with Crippen molar-refractivity contribution in [3.8, 4) is 0 Å². The molecule has 1 N–H and O–H groups in total. The van der Waals surface area contributed by atoms with Gasteiger partial charge >= 0.3 is 12.0 Å². The summed E-state index contributed by atoms with van der Waals surface area (Å²) < 4.78 is 19.0. The lowest BCUT2D eigenvalue weighted by atomic mass is 10.2. The predicted octanol–water partition coefficient (Wildman–Crippen LogP) is 1.69. The fraction of sp³-hybridized carbons (Fsp3) is 0.308. The molecule has 1 saturated heterocycles. The van der Waals surface area contributed by atoms with Gasteiger partial charge in [-0.2, -0.15) is 0 Å². The number of carbonyl (C=O) groups is 3. The number of ether oxygens (including phenoxy) is 1. The molecule has 1 atom stereocenters. The zero-order valence-electron chi connectivity index (χ0n) is 11.1. The molecule has 1 aliphatic heterocycles. The number of urea groups is 1. The lowest BCUT2D eigenvalue weighted by Crippen LogP contribution is -2.41. The molecule has 1 aromatic rings. The first-order chi connectivity index (χ1) is 9.90. The Hall–Kier alpha value is -1.96. The molecule has 0 radical (unpaired) electrons. The van der Waals surface area contributed by atoms with E-state index in [1.165, 1.54) is 19.1 Å². The van der Waals surface area contributed by atoms with Gasteiger partial charge < -0.3 is 10.1 Å². The summed E-state index contributed by atoms with van der Waals surface area (Å²) in [5.41, 5.74) is -0.274. The third-order valence-electron chi connectivity index (χ3n) is 2.91. The van der Waals surface area contributed by atoms with Gasteiger partial charge in [0.15, 0.2) is 6.10 Å². The maximum atomic E-state index is 13.6. The second kappa shape index (κ2) is 6.21. The van der Waals surface area contributed by atoms with Crippen LogP contribution in [0.4, 0.5) is 9.18 Å². The van der Waals surface area contributed by atoms with Gasteiger partial charge in [-0.3, -0.25) is 9.69 Å². The molecule has 1 aromatic carbocycles. The molecule has 1 heterocycles. The smallest absolute Gasteiger partial charge is 0.341 e. The summed E-state index contributed by atoms with van der Waals surface area (Å²) in [4.78, 5) is 36.1. The van der Waals surface area contributed by atoms with Crippen LogP contribution in [0, 0.1) is 5.82 Å². The predicted molar refractivity (Wildman–Crippen MR) is 74.1 cm³/mol. The highest BCUT2D eigenvalue weighted by Gasteiger charge is 2.32. The van der Waals surface area contributed by atoms with Crippen LogP contribution in [0.25, 0.3) is 0 Å². The number of carbonyl (C=O) groups excluding carboxylic acids is 3. The molecule has 0 bridgehead atoms. The molecule has 1 fully saturated rings. The number of imide groups is 1. The van der Waals surface area contributed by atoms with E-state index in [1.54, 1.807) is 0 Å². The lowest BCUT2D eigenvalue weighted by Gasteiger charge is -2.18. The number of amides is 3. The Kier molecular flexibility index (Phi) is 4.56. The lowest BCUT2D eigenvalue weighted by molar-refractivity contribution is -0.136. The highest BCUT2D eigenvalue weighted by Crippen LogP contribution is 2.17. The van der Waals surface area contributed by atoms with Crippen LogP contribution in [0.2, 0.25) is 0 Å². The number of nitrogens with one attached hydrogen (secondary N) is 1. The minimum atomic E-state index is -1.18. The van der Waals surface area contributed by atoms with Crippen molar-refractivity contribution in [2.45, 2.75) is 13.0 Å². The average Bonchev–Trinajstić information content (AvgIpc) is 2.83. The normalized spacial score (nSPS) is 15.6. The molecule has 0 saturated carbocycles.